The number of benzene rings is 2. The third-order valence-electron chi connectivity index (χ3n) is 3.53. The molecule has 1 aliphatic rings. The first kappa shape index (κ1) is 15.2. The molecule has 23 heavy (non-hydrogen) atoms. The maximum Gasteiger partial charge on any atom is 0.242 e. The summed E-state index contributed by atoms with van der Waals surface area (Å²) in [6.07, 6.45) is 0.750. The van der Waals surface area contributed by atoms with Crippen LogP contribution in [-0.4, -0.2) is 18.5 Å². The Bertz CT molecular complexity index is 768. The molecule has 0 saturated carbocycles. The van der Waals surface area contributed by atoms with E-state index < -0.39 is 0 Å². The quantitative estimate of drug-likeness (QED) is 0.903. The first-order valence-corrected chi connectivity index (χ1v) is 7.55. The van der Waals surface area contributed by atoms with Gasteiger partial charge in [-0.3, -0.25) is 4.79 Å². The average molecular weight is 328 g/mol. The Balaban J connectivity index is 1.71. The second-order valence-corrected chi connectivity index (χ2v) is 5.57. The van der Waals surface area contributed by atoms with E-state index in [2.05, 4.69) is 16.7 Å². The fourth-order valence-corrected chi connectivity index (χ4v) is 2.55. The molecule has 5 nitrogen and oxygen atoms in total. The van der Waals surface area contributed by atoms with Crippen LogP contribution in [-0.2, 0) is 4.79 Å². The van der Waals surface area contributed by atoms with Gasteiger partial charge in [0.1, 0.15) is 17.5 Å². The van der Waals surface area contributed by atoms with Gasteiger partial charge in [-0.05, 0) is 48.9 Å². The van der Waals surface area contributed by atoms with Gasteiger partial charge >= 0.3 is 0 Å². The number of halogens is 1. The van der Waals surface area contributed by atoms with Gasteiger partial charge in [0.2, 0.25) is 5.91 Å². The minimum absolute atomic E-state index is 0.000897. The van der Waals surface area contributed by atoms with E-state index >= 15 is 0 Å². The molecule has 1 atom stereocenters. The summed E-state index contributed by atoms with van der Waals surface area (Å²) >= 11 is 6.24. The number of carbonyl (C=O) groups excluding carboxylic acids is 1. The summed E-state index contributed by atoms with van der Waals surface area (Å²) in [4.78, 5) is 11.6. The lowest BCUT2D eigenvalue weighted by Crippen LogP contribution is -2.29. The molecule has 2 N–H and O–H groups in total. The zero-order chi connectivity index (χ0) is 16.2. The summed E-state index contributed by atoms with van der Waals surface area (Å²) in [5, 5.41) is 15.1. The van der Waals surface area contributed by atoms with Crippen LogP contribution in [0, 0.1) is 11.3 Å². The fraction of sp³-hybridized carbons (Fsp3) is 0.176. The second kappa shape index (κ2) is 6.59. The Morgan fingerprint density at radius 3 is 2.65 bits per heavy atom. The van der Waals surface area contributed by atoms with E-state index in [1.54, 1.807) is 36.4 Å². The van der Waals surface area contributed by atoms with Crippen LogP contribution >= 0.6 is 11.6 Å². The highest BCUT2D eigenvalue weighted by atomic mass is 35.5. The van der Waals surface area contributed by atoms with Crippen molar-refractivity contribution in [1.29, 1.82) is 5.26 Å². The lowest BCUT2D eigenvalue weighted by molar-refractivity contribution is -0.119. The van der Waals surface area contributed by atoms with Crippen LogP contribution < -0.4 is 15.4 Å². The Morgan fingerprint density at radius 1 is 1.26 bits per heavy atom. The lowest BCUT2D eigenvalue weighted by atomic mass is 10.2. The number of carbonyl (C=O) groups is 1. The molecule has 1 saturated heterocycles. The molecule has 0 bridgehead atoms. The van der Waals surface area contributed by atoms with Crippen molar-refractivity contribution >= 4 is 23.2 Å². The van der Waals surface area contributed by atoms with Crippen LogP contribution in [0.15, 0.2) is 42.5 Å². The maximum atomic E-state index is 11.6. The third-order valence-corrected chi connectivity index (χ3v) is 3.83. The first-order valence-electron chi connectivity index (χ1n) is 7.17. The molecule has 2 aromatic rings. The highest BCUT2D eigenvalue weighted by Crippen LogP contribution is 2.32. The monoisotopic (exact) mass is 327 g/mol. The van der Waals surface area contributed by atoms with Gasteiger partial charge in [0, 0.05) is 12.2 Å². The van der Waals surface area contributed by atoms with Crippen LogP contribution in [0.1, 0.15) is 12.0 Å². The predicted octanol–water partition coefficient (Wildman–Crippen LogP) is 3.30. The minimum atomic E-state index is -0.226. The second-order valence-electron chi connectivity index (χ2n) is 5.16. The van der Waals surface area contributed by atoms with Crippen molar-refractivity contribution < 1.29 is 9.53 Å². The fourth-order valence-electron chi connectivity index (χ4n) is 2.33. The average Bonchev–Trinajstić information content (AvgIpc) is 2.96. The summed E-state index contributed by atoms with van der Waals surface area (Å²) < 4.78 is 5.71. The number of hydrogen-bond acceptors (Lipinski definition) is 4. The van der Waals surface area contributed by atoms with Crippen LogP contribution in [0.3, 0.4) is 0 Å². The number of amides is 1. The molecule has 116 valence electrons. The number of nitrogens with zero attached hydrogens (tertiary/aromatic N) is 1. The highest BCUT2D eigenvalue weighted by molar-refractivity contribution is 6.32. The number of anilines is 1. The van der Waals surface area contributed by atoms with Crippen molar-refractivity contribution in [2.24, 2.45) is 0 Å². The highest BCUT2D eigenvalue weighted by Gasteiger charge is 2.23. The zero-order valence-electron chi connectivity index (χ0n) is 12.2. The van der Waals surface area contributed by atoms with E-state index in [-0.39, 0.29) is 11.9 Å². The summed E-state index contributed by atoms with van der Waals surface area (Å²) in [7, 11) is 0. The van der Waals surface area contributed by atoms with Crippen molar-refractivity contribution in [3.63, 3.8) is 0 Å². The molecule has 1 aliphatic heterocycles. The van der Waals surface area contributed by atoms with Crippen molar-refractivity contribution in [1.82, 2.24) is 5.32 Å². The van der Waals surface area contributed by atoms with E-state index in [0.717, 1.165) is 12.1 Å². The minimum Gasteiger partial charge on any atom is -0.456 e. The number of ether oxygens (including phenoxy) is 1. The molecule has 0 aromatic heterocycles. The van der Waals surface area contributed by atoms with Gasteiger partial charge in [0.25, 0.3) is 0 Å². The van der Waals surface area contributed by atoms with Crippen molar-refractivity contribution in [2.75, 3.05) is 11.9 Å². The van der Waals surface area contributed by atoms with Gasteiger partial charge in [0.05, 0.1) is 16.7 Å². The van der Waals surface area contributed by atoms with Crippen LogP contribution in [0.5, 0.6) is 11.5 Å². The Morgan fingerprint density at radius 2 is 2.04 bits per heavy atom. The third kappa shape index (κ3) is 3.55. The van der Waals surface area contributed by atoms with Crippen LogP contribution in [0.25, 0.3) is 0 Å². The summed E-state index contributed by atoms with van der Waals surface area (Å²) in [5.74, 6) is 1.11. The van der Waals surface area contributed by atoms with Crippen molar-refractivity contribution in [3.05, 3.63) is 53.1 Å². The molecule has 1 fully saturated rings. The van der Waals surface area contributed by atoms with Crippen molar-refractivity contribution in [2.45, 2.75) is 12.5 Å². The molecule has 3 rings (SSSR count). The van der Waals surface area contributed by atoms with Gasteiger partial charge in [-0.25, -0.2) is 0 Å². The van der Waals surface area contributed by atoms with Crippen LogP contribution in [0.4, 0.5) is 5.69 Å². The molecule has 2 aromatic carbocycles. The zero-order valence-corrected chi connectivity index (χ0v) is 12.9. The number of rotatable bonds is 4. The normalized spacial score (nSPS) is 16.5. The van der Waals surface area contributed by atoms with E-state index in [0.29, 0.717) is 28.6 Å². The molecule has 1 amide bonds. The van der Waals surface area contributed by atoms with E-state index in [1.807, 2.05) is 6.07 Å². The molecule has 0 unspecified atom stereocenters. The molecule has 1 heterocycles. The SMILES string of the molecule is N#Cc1ccc(Oc2ccc(N[C@H]3CCNC3=O)cc2Cl)cc1. The van der Waals surface area contributed by atoms with Gasteiger partial charge < -0.3 is 15.4 Å². The predicted molar refractivity (Wildman–Crippen MR) is 87.7 cm³/mol. The van der Waals surface area contributed by atoms with E-state index in [9.17, 15) is 4.79 Å². The molecular formula is C17H14ClN3O2. The van der Waals surface area contributed by atoms with Crippen molar-refractivity contribution in [3.8, 4) is 17.6 Å². The molecule has 6 heteroatoms. The summed E-state index contributed by atoms with van der Waals surface area (Å²) in [6, 6.07) is 13.9. The topological polar surface area (TPSA) is 74.2 Å². The molecule has 0 aliphatic carbocycles. The van der Waals surface area contributed by atoms with Crippen LogP contribution in [0.2, 0.25) is 5.02 Å². The maximum absolute atomic E-state index is 11.6. The largest absolute Gasteiger partial charge is 0.456 e. The first-order chi connectivity index (χ1) is 11.2. The molecular weight excluding hydrogens is 314 g/mol. The van der Waals surface area contributed by atoms with E-state index in [4.69, 9.17) is 21.6 Å². The van der Waals surface area contributed by atoms with Gasteiger partial charge in [-0.1, -0.05) is 11.6 Å². The van der Waals surface area contributed by atoms with E-state index in [1.165, 1.54) is 0 Å². The summed E-state index contributed by atoms with van der Waals surface area (Å²) in [6.45, 7) is 0.685. The smallest absolute Gasteiger partial charge is 0.242 e. The number of nitrogens with one attached hydrogen (secondary N) is 2. The van der Waals surface area contributed by atoms with Gasteiger partial charge in [0.15, 0.2) is 0 Å². The Hall–Kier alpha value is -2.71. The number of hydrogen-bond donors (Lipinski definition) is 2. The molecule has 0 spiro atoms. The van der Waals surface area contributed by atoms with Gasteiger partial charge in [-0.15, -0.1) is 0 Å². The Labute approximate surface area is 138 Å². The Kier molecular flexibility index (Phi) is 4.35. The van der Waals surface area contributed by atoms with Gasteiger partial charge in [-0.2, -0.15) is 5.26 Å². The lowest BCUT2D eigenvalue weighted by Gasteiger charge is -2.13. The molecule has 0 radical (unpaired) electrons. The summed E-state index contributed by atoms with van der Waals surface area (Å²) in [5.41, 5.74) is 1.34. The standard InChI is InChI=1S/C17H14ClN3O2/c18-14-9-12(21-15-7-8-20-17(15)22)3-6-16(14)23-13-4-1-11(10-19)2-5-13/h1-6,9,15,21H,7-8H2,(H,20,22)/t15-/m0/s1. The number of nitriles is 1.